The van der Waals surface area contributed by atoms with Crippen LogP contribution in [0.1, 0.15) is 28.8 Å². The summed E-state index contributed by atoms with van der Waals surface area (Å²) < 4.78 is 33.3. The van der Waals surface area contributed by atoms with E-state index in [0.29, 0.717) is 23.4 Å². The van der Waals surface area contributed by atoms with E-state index >= 15 is 0 Å². The molecule has 1 fully saturated rings. The van der Waals surface area contributed by atoms with Crippen LogP contribution >= 0.6 is 23.2 Å². The van der Waals surface area contributed by atoms with Crippen molar-refractivity contribution in [3.8, 4) is 5.75 Å². The monoisotopic (exact) mass is 497 g/mol. The standard InChI is InChI=1S/C22H19Cl2F2N3O4/c1-29-20(33-13-6-7-14(23)15(24)10-13)16(17(28-29)18(25)26)19(30)27-22(8-9-22)12-4-2-11(3-5-12)21(31)32/h2-7,10,16,18,20H,8-9H2,1H3,(H,27,30)(H,31,32). The zero-order valence-electron chi connectivity index (χ0n) is 17.3. The summed E-state index contributed by atoms with van der Waals surface area (Å²) in [6.45, 7) is 0. The highest BCUT2D eigenvalue weighted by molar-refractivity contribution is 6.42. The van der Waals surface area contributed by atoms with E-state index < -0.39 is 41.7 Å². The minimum atomic E-state index is -2.96. The second kappa shape index (κ2) is 8.79. The third-order valence-electron chi connectivity index (χ3n) is 5.70. The van der Waals surface area contributed by atoms with Crippen molar-refractivity contribution in [2.24, 2.45) is 11.0 Å². The van der Waals surface area contributed by atoms with Crippen molar-refractivity contribution in [3.05, 3.63) is 63.6 Å². The van der Waals surface area contributed by atoms with Gasteiger partial charge in [0.1, 0.15) is 17.4 Å². The second-order valence-electron chi connectivity index (χ2n) is 7.92. The molecule has 1 aliphatic carbocycles. The quantitative estimate of drug-likeness (QED) is 0.591. The van der Waals surface area contributed by atoms with Crippen LogP contribution in [0.4, 0.5) is 8.78 Å². The number of nitrogens with one attached hydrogen (secondary N) is 1. The van der Waals surface area contributed by atoms with Gasteiger partial charge in [-0.3, -0.25) is 9.80 Å². The first kappa shape index (κ1) is 23.3. The number of rotatable bonds is 7. The highest BCUT2D eigenvalue weighted by Crippen LogP contribution is 2.46. The van der Waals surface area contributed by atoms with Gasteiger partial charge < -0.3 is 15.2 Å². The highest BCUT2D eigenvalue weighted by Gasteiger charge is 2.51. The van der Waals surface area contributed by atoms with Crippen molar-refractivity contribution in [2.75, 3.05) is 7.05 Å². The van der Waals surface area contributed by atoms with Gasteiger partial charge in [0.2, 0.25) is 12.1 Å². The maximum absolute atomic E-state index is 13.8. The number of carboxylic acid groups (broad SMARTS) is 1. The third-order valence-corrected chi connectivity index (χ3v) is 6.44. The molecule has 1 saturated carbocycles. The predicted molar refractivity (Wildman–Crippen MR) is 118 cm³/mol. The van der Waals surface area contributed by atoms with Gasteiger partial charge >= 0.3 is 5.97 Å². The number of hydrazone groups is 1. The Kier molecular flexibility index (Phi) is 6.20. The average Bonchev–Trinajstić information content (AvgIpc) is 3.47. The Labute approximate surface area is 197 Å². The zero-order chi connectivity index (χ0) is 23.9. The minimum Gasteiger partial charge on any atom is -0.478 e. The van der Waals surface area contributed by atoms with E-state index in [0.717, 1.165) is 0 Å². The number of benzene rings is 2. The number of amides is 1. The molecular weight excluding hydrogens is 479 g/mol. The topological polar surface area (TPSA) is 91.2 Å². The normalized spacial score (nSPS) is 21.0. The smallest absolute Gasteiger partial charge is 0.335 e. The summed E-state index contributed by atoms with van der Waals surface area (Å²) in [5.74, 6) is -2.86. The molecule has 0 aromatic heterocycles. The molecule has 2 aromatic carbocycles. The number of alkyl halides is 2. The fourth-order valence-corrected chi connectivity index (χ4v) is 4.08. The van der Waals surface area contributed by atoms with Crippen LogP contribution in [0, 0.1) is 5.92 Å². The van der Waals surface area contributed by atoms with Crippen LogP contribution in [0.3, 0.4) is 0 Å². The van der Waals surface area contributed by atoms with Crippen LogP contribution in [-0.4, -0.2) is 47.4 Å². The first-order chi connectivity index (χ1) is 15.6. The van der Waals surface area contributed by atoms with Gasteiger partial charge in [0.15, 0.2) is 0 Å². The summed E-state index contributed by atoms with van der Waals surface area (Å²) in [7, 11) is 1.44. The molecular formula is C22H19Cl2F2N3O4. The number of hydrogen-bond donors (Lipinski definition) is 2. The first-order valence-corrected chi connectivity index (χ1v) is 10.7. The molecule has 1 aliphatic heterocycles. The second-order valence-corrected chi connectivity index (χ2v) is 8.73. The number of carboxylic acids is 1. The molecule has 2 unspecified atom stereocenters. The van der Waals surface area contributed by atoms with E-state index in [-0.39, 0.29) is 16.3 Å². The molecule has 174 valence electrons. The fourth-order valence-electron chi connectivity index (χ4n) is 3.80. The van der Waals surface area contributed by atoms with E-state index in [4.69, 9.17) is 33.0 Å². The number of aromatic carboxylic acids is 1. The Morgan fingerprint density at radius 3 is 2.39 bits per heavy atom. The van der Waals surface area contributed by atoms with E-state index in [2.05, 4.69) is 10.4 Å². The van der Waals surface area contributed by atoms with Gasteiger partial charge in [-0.25, -0.2) is 13.6 Å². The highest BCUT2D eigenvalue weighted by atomic mass is 35.5. The predicted octanol–water partition coefficient (Wildman–Crippen LogP) is 4.38. The van der Waals surface area contributed by atoms with E-state index in [1.807, 2.05) is 0 Å². The molecule has 0 bridgehead atoms. The molecule has 0 saturated heterocycles. The summed E-state index contributed by atoms with van der Waals surface area (Å²) >= 11 is 11.9. The lowest BCUT2D eigenvalue weighted by molar-refractivity contribution is -0.128. The summed E-state index contributed by atoms with van der Waals surface area (Å²) in [5.41, 5.74) is -0.543. The lowest BCUT2D eigenvalue weighted by Crippen LogP contribution is -2.49. The summed E-state index contributed by atoms with van der Waals surface area (Å²) in [5, 5.41) is 17.5. The molecule has 4 rings (SSSR count). The Bertz CT molecular complexity index is 1120. The first-order valence-electron chi connectivity index (χ1n) is 9.98. The van der Waals surface area contributed by atoms with Crippen LogP contribution in [0.15, 0.2) is 47.6 Å². The molecule has 33 heavy (non-hydrogen) atoms. The summed E-state index contributed by atoms with van der Waals surface area (Å²) in [4.78, 5) is 24.4. The molecule has 0 radical (unpaired) electrons. The molecule has 2 N–H and O–H groups in total. The number of nitrogens with zero attached hydrogens (tertiary/aromatic N) is 2. The lowest BCUT2D eigenvalue weighted by Gasteiger charge is -2.27. The van der Waals surface area contributed by atoms with Gasteiger partial charge in [-0.15, -0.1) is 0 Å². The van der Waals surface area contributed by atoms with Crippen LogP contribution < -0.4 is 10.1 Å². The van der Waals surface area contributed by atoms with Gasteiger partial charge in [0, 0.05) is 13.1 Å². The number of carbonyl (C=O) groups is 2. The van der Waals surface area contributed by atoms with Crippen LogP contribution in [0.2, 0.25) is 10.0 Å². The van der Waals surface area contributed by atoms with Crippen molar-refractivity contribution in [1.82, 2.24) is 10.3 Å². The number of carbonyl (C=O) groups excluding carboxylic acids is 1. The van der Waals surface area contributed by atoms with Gasteiger partial charge in [-0.1, -0.05) is 35.3 Å². The molecule has 0 spiro atoms. The summed E-state index contributed by atoms with van der Waals surface area (Å²) in [6.07, 6.45) is -2.91. The number of halogens is 4. The molecule has 1 amide bonds. The Hall–Kier alpha value is -2.91. The van der Waals surface area contributed by atoms with Gasteiger partial charge in [-0.2, -0.15) is 5.10 Å². The van der Waals surface area contributed by atoms with Crippen LogP contribution in [0.25, 0.3) is 0 Å². The van der Waals surface area contributed by atoms with Gasteiger partial charge in [0.25, 0.3) is 6.43 Å². The largest absolute Gasteiger partial charge is 0.478 e. The van der Waals surface area contributed by atoms with Crippen molar-refractivity contribution < 1.29 is 28.2 Å². The Morgan fingerprint density at radius 2 is 1.85 bits per heavy atom. The molecule has 2 atom stereocenters. The molecule has 2 aromatic rings. The van der Waals surface area contributed by atoms with Crippen molar-refractivity contribution in [1.29, 1.82) is 0 Å². The average molecular weight is 498 g/mol. The molecule has 7 nitrogen and oxygen atoms in total. The van der Waals surface area contributed by atoms with Crippen LogP contribution in [-0.2, 0) is 10.3 Å². The zero-order valence-corrected chi connectivity index (χ0v) is 18.8. The van der Waals surface area contributed by atoms with Crippen molar-refractivity contribution >= 4 is 40.8 Å². The third kappa shape index (κ3) is 4.60. The fraction of sp³-hybridized carbons (Fsp3) is 0.318. The number of ether oxygens (including phenoxy) is 1. The Balaban J connectivity index is 1.57. The van der Waals surface area contributed by atoms with E-state index in [9.17, 15) is 18.4 Å². The maximum Gasteiger partial charge on any atom is 0.335 e. The lowest BCUT2D eigenvalue weighted by atomic mass is 9.98. The van der Waals surface area contributed by atoms with Gasteiger partial charge in [0.05, 0.1) is 21.1 Å². The van der Waals surface area contributed by atoms with E-state index in [1.54, 1.807) is 12.1 Å². The minimum absolute atomic E-state index is 0.112. The maximum atomic E-state index is 13.8. The van der Waals surface area contributed by atoms with Crippen molar-refractivity contribution in [3.63, 3.8) is 0 Å². The van der Waals surface area contributed by atoms with Crippen LogP contribution in [0.5, 0.6) is 5.75 Å². The molecule has 1 heterocycles. The number of hydrogen-bond acceptors (Lipinski definition) is 5. The molecule has 2 aliphatic rings. The van der Waals surface area contributed by atoms with Gasteiger partial charge in [-0.05, 0) is 42.7 Å². The summed E-state index contributed by atoms with van der Waals surface area (Å²) in [6, 6.07) is 10.6. The SMILES string of the molecule is CN1N=C(C(F)F)C(C(=O)NC2(c3ccc(C(=O)O)cc3)CC2)C1Oc1ccc(Cl)c(Cl)c1. The Morgan fingerprint density at radius 1 is 1.18 bits per heavy atom. The van der Waals surface area contributed by atoms with Crippen molar-refractivity contribution in [2.45, 2.75) is 31.0 Å². The molecule has 11 heteroatoms. The van der Waals surface area contributed by atoms with E-state index in [1.165, 1.54) is 42.4 Å².